The zero-order valence-electron chi connectivity index (χ0n) is 16.4. The van der Waals surface area contributed by atoms with Crippen LogP contribution in [0.4, 0.5) is 14.5 Å². The number of carbonyl (C=O) groups is 1. The first-order valence-electron chi connectivity index (χ1n) is 9.86. The number of hydrogen-bond acceptors (Lipinski definition) is 3. The molecule has 3 aromatic rings. The quantitative estimate of drug-likeness (QED) is 0.623. The molecule has 0 saturated carbocycles. The molecule has 0 aliphatic carbocycles. The molecule has 1 aliphatic rings. The summed E-state index contributed by atoms with van der Waals surface area (Å²) in [6.07, 6.45) is 0. The van der Waals surface area contributed by atoms with Crippen molar-refractivity contribution in [2.45, 2.75) is 6.61 Å². The van der Waals surface area contributed by atoms with Crippen LogP contribution in [0.1, 0.15) is 15.9 Å². The maximum Gasteiger partial charge on any atom is 0.257 e. The van der Waals surface area contributed by atoms with Crippen molar-refractivity contribution in [3.05, 3.63) is 95.6 Å². The molecular weight excluding hydrogens is 386 g/mol. The fraction of sp³-hybridized carbons (Fsp3) is 0.208. The van der Waals surface area contributed by atoms with Gasteiger partial charge >= 0.3 is 0 Å². The molecule has 0 spiro atoms. The van der Waals surface area contributed by atoms with Crippen LogP contribution >= 0.6 is 0 Å². The van der Waals surface area contributed by atoms with E-state index in [0.29, 0.717) is 37.5 Å². The number of para-hydroxylation sites is 1. The van der Waals surface area contributed by atoms with Crippen LogP contribution in [0.3, 0.4) is 0 Å². The van der Waals surface area contributed by atoms with Crippen LogP contribution in [0.2, 0.25) is 0 Å². The predicted octanol–water partition coefficient (Wildman–Crippen LogP) is 4.51. The Bertz CT molecular complexity index is 998. The Morgan fingerprint density at radius 1 is 0.800 bits per heavy atom. The Balaban J connectivity index is 1.40. The summed E-state index contributed by atoms with van der Waals surface area (Å²) >= 11 is 0. The van der Waals surface area contributed by atoms with Gasteiger partial charge in [0.15, 0.2) is 0 Å². The van der Waals surface area contributed by atoms with Crippen molar-refractivity contribution in [2.24, 2.45) is 0 Å². The average molecular weight is 408 g/mol. The van der Waals surface area contributed by atoms with Crippen LogP contribution in [0.5, 0.6) is 5.75 Å². The molecule has 0 atom stereocenters. The van der Waals surface area contributed by atoms with Crippen molar-refractivity contribution < 1.29 is 18.3 Å². The lowest BCUT2D eigenvalue weighted by molar-refractivity contribution is 0.0742. The highest BCUT2D eigenvalue weighted by molar-refractivity contribution is 5.97. The number of hydrogen-bond donors (Lipinski definition) is 0. The van der Waals surface area contributed by atoms with E-state index < -0.39 is 0 Å². The van der Waals surface area contributed by atoms with Gasteiger partial charge in [0.05, 0.1) is 5.56 Å². The van der Waals surface area contributed by atoms with Gasteiger partial charge in [-0.25, -0.2) is 8.78 Å². The molecular formula is C24H22F2N2O2. The lowest BCUT2D eigenvalue weighted by Crippen LogP contribution is -2.48. The van der Waals surface area contributed by atoms with E-state index in [9.17, 15) is 13.6 Å². The van der Waals surface area contributed by atoms with E-state index in [-0.39, 0.29) is 24.1 Å². The Kier molecular flexibility index (Phi) is 5.93. The molecule has 1 fully saturated rings. The molecule has 4 rings (SSSR count). The first-order chi connectivity index (χ1) is 14.6. The SMILES string of the molecule is O=C(c1ccccc1OCc1ccc(F)cc1)N1CCN(c2ccc(F)cc2)CC1. The summed E-state index contributed by atoms with van der Waals surface area (Å²) in [5.74, 6) is -0.129. The molecule has 1 heterocycles. The molecule has 1 amide bonds. The van der Waals surface area contributed by atoms with Crippen molar-refractivity contribution >= 4 is 11.6 Å². The molecule has 0 bridgehead atoms. The molecule has 30 heavy (non-hydrogen) atoms. The van der Waals surface area contributed by atoms with Crippen LogP contribution in [-0.4, -0.2) is 37.0 Å². The third-order valence-corrected chi connectivity index (χ3v) is 5.18. The number of amides is 1. The summed E-state index contributed by atoms with van der Waals surface area (Å²) in [6.45, 7) is 2.75. The molecule has 0 unspecified atom stereocenters. The van der Waals surface area contributed by atoms with Gasteiger partial charge < -0.3 is 14.5 Å². The normalized spacial score (nSPS) is 13.9. The minimum Gasteiger partial charge on any atom is -0.488 e. The second-order valence-corrected chi connectivity index (χ2v) is 7.17. The van der Waals surface area contributed by atoms with E-state index in [0.717, 1.165) is 11.3 Å². The standard InChI is InChI=1S/C24H22F2N2O2/c25-19-7-5-18(6-8-19)17-30-23-4-2-1-3-22(23)24(29)28-15-13-27(14-16-28)21-11-9-20(26)10-12-21/h1-12H,13-17H2. The van der Waals surface area contributed by atoms with Crippen molar-refractivity contribution in [3.63, 3.8) is 0 Å². The number of ether oxygens (including phenoxy) is 1. The van der Waals surface area contributed by atoms with Crippen LogP contribution < -0.4 is 9.64 Å². The number of anilines is 1. The Morgan fingerprint density at radius 2 is 1.40 bits per heavy atom. The number of piperazine rings is 1. The number of carbonyl (C=O) groups excluding carboxylic acids is 1. The largest absolute Gasteiger partial charge is 0.488 e. The molecule has 0 aromatic heterocycles. The Morgan fingerprint density at radius 3 is 2.07 bits per heavy atom. The third kappa shape index (κ3) is 4.59. The summed E-state index contributed by atoms with van der Waals surface area (Å²) in [5.41, 5.74) is 2.29. The Hall–Kier alpha value is -3.41. The van der Waals surface area contributed by atoms with Crippen LogP contribution in [-0.2, 0) is 6.61 Å². The Labute approximate surface area is 174 Å². The zero-order chi connectivity index (χ0) is 20.9. The zero-order valence-corrected chi connectivity index (χ0v) is 16.4. The second-order valence-electron chi connectivity index (χ2n) is 7.17. The maximum atomic E-state index is 13.1. The maximum absolute atomic E-state index is 13.1. The fourth-order valence-corrected chi connectivity index (χ4v) is 3.50. The first-order valence-corrected chi connectivity index (χ1v) is 9.86. The summed E-state index contributed by atoms with van der Waals surface area (Å²) in [4.78, 5) is 17.0. The van der Waals surface area contributed by atoms with Crippen molar-refractivity contribution in [1.82, 2.24) is 4.90 Å². The number of halogens is 2. The van der Waals surface area contributed by atoms with Crippen molar-refractivity contribution in [2.75, 3.05) is 31.1 Å². The summed E-state index contributed by atoms with van der Waals surface area (Å²) in [6, 6.07) is 19.7. The molecule has 6 heteroatoms. The van der Waals surface area contributed by atoms with Gasteiger partial charge in [-0.3, -0.25) is 4.79 Å². The van der Waals surface area contributed by atoms with Crippen molar-refractivity contribution in [3.8, 4) is 5.75 Å². The topological polar surface area (TPSA) is 32.8 Å². The van der Waals surface area contributed by atoms with Gasteiger partial charge in [0.1, 0.15) is 24.0 Å². The monoisotopic (exact) mass is 408 g/mol. The lowest BCUT2D eigenvalue weighted by atomic mass is 10.1. The van der Waals surface area contributed by atoms with Crippen LogP contribution in [0, 0.1) is 11.6 Å². The highest BCUT2D eigenvalue weighted by atomic mass is 19.1. The smallest absolute Gasteiger partial charge is 0.257 e. The van der Waals surface area contributed by atoms with Gasteiger partial charge in [0, 0.05) is 31.9 Å². The molecule has 3 aromatic carbocycles. The molecule has 0 radical (unpaired) electrons. The third-order valence-electron chi connectivity index (χ3n) is 5.18. The highest BCUT2D eigenvalue weighted by Crippen LogP contribution is 2.23. The van der Waals surface area contributed by atoms with Crippen LogP contribution in [0.15, 0.2) is 72.8 Å². The van der Waals surface area contributed by atoms with Gasteiger partial charge in [-0.2, -0.15) is 0 Å². The van der Waals surface area contributed by atoms with E-state index in [4.69, 9.17) is 4.74 Å². The highest BCUT2D eigenvalue weighted by Gasteiger charge is 2.24. The summed E-state index contributed by atoms with van der Waals surface area (Å²) in [5, 5.41) is 0. The van der Waals surface area contributed by atoms with Gasteiger partial charge in [-0.15, -0.1) is 0 Å². The van der Waals surface area contributed by atoms with E-state index in [1.807, 2.05) is 12.1 Å². The summed E-state index contributed by atoms with van der Waals surface area (Å²) in [7, 11) is 0. The molecule has 1 aliphatic heterocycles. The first kappa shape index (κ1) is 19.9. The summed E-state index contributed by atoms with van der Waals surface area (Å²) < 4.78 is 32.1. The van der Waals surface area contributed by atoms with E-state index in [1.54, 1.807) is 41.3 Å². The average Bonchev–Trinajstić information content (AvgIpc) is 2.79. The fourth-order valence-electron chi connectivity index (χ4n) is 3.50. The lowest BCUT2D eigenvalue weighted by Gasteiger charge is -2.36. The predicted molar refractivity (Wildman–Crippen MR) is 112 cm³/mol. The van der Waals surface area contributed by atoms with Crippen LogP contribution in [0.25, 0.3) is 0 Å². The molecule has 0 N–H and O–H groups in total. The van der Waals surface area contributed by atoms with Gasteiger partial charge in [-0.05, 0) is 54.1 Å². The van der Waals surface area contributed by atoms with Gasteiger partial charge in [-0.1, -0.05) is 24.3 Å². The molecule has 154 valence electrons. The van der Waals surface area contributed by atoms with E-state index in [1.165, 1.54) is 24.3 Å². The van der Waals surface area contributed by atoms with Gasteiger partial charge in [0.25, 0.3) is 5.91 Å². The van der Waals surface area contributed by atoms with Crippen molar-refractivity contribution in [1.29, 1.82) is 0 Å². The van der Waals surface area contributed by atoms with E-state index in [2.05, 4.69) is 4.90 Å². The minimum absolute atomic E-state index is 0.0801. The number of rotatable bonds is 5. The van der Waals surface area contributed by atoms with Gasteiger partial charge in [0.2, 0.25) is 0 Å². The minimum atomic E-state index is -0.297. The molecule has 4 nitrogen and oxygen atoms in total. The number of benzene rings is 3. The molecule has 1 saturated heterocycles. The number of nitrogens with zero attached hydrogens (tertiary/aromatic N) is 2. The second kappa shape index (κ2) is 8.95. The van der Waals surface area contributed by atoms with E-state index >= 15 is 0 Å².